The molecule has 0 saturated heterocycles. The zero-order valence-electron chi connectivity index (χ0n) is 13.7. The van der Waals surface area contributed by atoms with Gasteiger partial charge in [-0.15, -0.1) is 0 Å². The third-order valence-corrected chi connectivity index (χ3v) is 5.69. The maximum atomic E-state index is 12.9. The van der Waals surface area contributed by atoms with Crippen LogP contribution in [-0.2, 0) is 16.4 Å². The Labute approximate surface area is 155 Å². The molecule has 0 aromatic heterocycles. The molecule has 2 rings (SSSR count). The predicted molar refractivity (Wildman–Crippen MR) is 101 cm³/mol. The van der Waals surface area contributed by atoms with E-state index in [4.69, 9.17) is 0 Å². The van der Waals surface area contributed by atoms with E-state index in [1.54, 1.807) is 43.4 Å². The van der Waals surface area contributed by atoms with Crippen LogP contribution >= 0.6 is 15.9 Å². The van der Waals surface area contributed by atoms with Crippen LogP contribution in [0.1, 0.15) is 5.56 Å². The van der Waals surface area contributed by atoms with E-state index < -0.39 is 9.84 Å². The Hall–Kier alpha value is -1.93. The normalized spacial score (nSPS) is 12.0. The van der Waals surface area contributed by atoms with Crippen LogP contribution in [0.3, 0.4) is 0 Å². The number of hydrogen-bond acceptors (Lipinski definition) is 3. The molecule has 2 N–H and O–H groups in total. The second kappa shape index (κ2) is 8.96. The molecule has 0 aliphatic heterocycles. The molecule has 0 unspecified atom stereocenters. The van der Waals surface area contributed by atoms with E-state index >= 15 is 0 Å². The van der Waals surface area contributed by atoms with E-state index in [1.165, 1.54) is 12.1 Å². The summed E-state index contributed by atoms with van der Waals surface area (Å²) in [5.41, 5.74) is 0.895. The highest BCUT2D eigenvalue weighted by atomic mass is 79.9. The summed E-state index contributed by atoms with van der Waals surface area (Å²) < 4.78 is 38.3. The van der Waals surface area contributed by atoms with Crippen molar-refractivity contribution in [2.45, 2.75) is 11.4 Å². The standard InChI is InChI=1S/C17H19BrFN3O2S/c1-20-17(22-12-13-2-6-15(19)7-3-13)21-10-11-25(23,24)16-8-4-14(18)5-9-16/h2-9H,10-12H2,1H3,(H2,20,21,22). The summed E-state index contributed by atoms with van der Waals surface area (Å²) in [6.07, 6.45) is 0. The molecule has 0 aliphatic rings. The molecule has 0 heterocycles. The fraction of sp³-hybridized carbons (Fsp3) is 0.235. The van der Waals surface area contributed by atoms with Crippen LogP contribution < -0.4 is 10.6 Å². The van der Waals surface area contributed by atoms with Crippen molar-refractivity contribution in [3.8, 4) is 0 Å². The Balaban J connectivity index is 1.84. The Kier molecular flexibility index (Phi) is 6.95. The van der Waals surface area contributed by atoms with Crippen LogP contribution in [0.2, 0.25) is 0 Å². The summed E-state index contributed by atoms with van der Waals surface area (Å²) in [7, 11) is -1.76. The molecule has 5 nitrogen and oxygen atoms in total. The van der Waals surface area contributed by atoms with E-state index in [9.17, 15) is 12.8 Å². The lowest BCUT2D eigenvalue weighted by molar-refractivity contribution is 0.594. The van der Waals surface area contributed by atoms with Crippen LogP contribution in [0.5, 0.6) is 0 Å². The molecule has 134 valence electrons. The van der Waals surface area contributed by atoms with E-state index in [1.807, 2.05) is 0 Å². The zero-order valence-corrected chi connectivity index (χ0v) is 16.1. The van der Waals surface area contributed by atoms with E-state index in [2.05, 4.69) is 31.6 Å². The van der Waals surface area contributed by atoms with Gasteiger partial charge in [-0.1, -0.05) is 28.1 Å². The maximum absolute atomic E-state index is 12.9. The highest BCUT2D eigenvalue weighted by Gasteiger charge is 2.14. The Morgan fingerprint density at radius 1 is 1.08 bits per heavy atom. The van der Waals surface area contributed by atoms with Crippen molar-refractivity contribution in [2.24, 2.45) is 4.99 Å². The average Bonchev–Trinajstić information content (AvgIpc) is 2.59. The molecule has 0 saturated carbocycles. The lowest BCUT2D eigenvalue weighted by Crippen LogP contribution is -2.39. The molecule has 0 aliphatic carbocycles. The highest BCUT2D eigenvalue weighted by molar-refractivity contribution is 9.10. The lowest BCUT2D eigenvalue weighted by atomic mass is 10.2. The van der Waals surface area contributed by atoms with E-state index in [0.717, 1.165) is 10.0 Å². The minimum absolute atomic E-state index is 0.0497. The van der Waals surface area contributed by atoms with E-state index in [-0.39, 0.29) is 23.0 Å². The summed E-state index contributed by atoms with van der Waals surface area (Å²) in [6.45, 7) is 0.681. The Morgan fingerprint density at radius 2 is 1.72 bits per heavy atom. The summed E-state index contributed by atoms with van der Waals surface area (Å²) in [6, 6.07) is 12.7. The molecule has 8 heteroatoms. The van der Waals surface area contributed by atoms with E-state index in [0.29, 0.717) is 12.5 Å². The number of sulfone groups is 1. The number of rotatable bonds is 6. The third-order valence-electron chi connectivity index (χ3n) is 3.43. The molecular weight excluding hydrogens is 409 g/mol. The topological polar surface area (TPSA) is 70.6 Å². The third kappa shape index (κ3) is 6.13. The summed E-state index contributed by atoms with van der Waals surface area (Å²) >= 11 is 3.28. The van der Waals surface area contributed by atoms with Gasteiger partial charge in [0, 0.05) is 24.6 Å². The zero-order chi connectivity index (χ0) is 18.3. The van der Waals surface area contributed by atoms with Crippen molar-refractivity contribution in [3.63, 3.8) is 0 Å². The Morgan fingerprint density at radius 3 is 2.32 bits per heavy atom. The van der Waals surface area contributed by atoms with Gasteiger partial charge in [0.05, 0.1) is 10.6 Å². The molecular formula is C17H19BrFN3O2S. The number of aliphatic imine (C=N–C) groups is 1. The fourth-order valence-electron chi connectivity index (χ4n) is 2.07. The number of guanidine groups is 1. The van der Waals surface area contributed by atoms with Crippen molar-refractivity contribution in [1.29, 1.82) is 0 Å². The molecule has 25 heavy (non-hydrogen) atoms. The van der Waals surface area contributed by atoms with Crippen molar-refractivity contribution in [2.75, 3.05) is 19.3 Å². The first kappa shape index (κ1) is 19.4. The van der Waals surface area contributed by atoms with Crippen LogP contribution in [0.4, 0.5) is 4.39 Å². The van der Waals surface area contributed by atoms with Crippen molar-refractivity contribution >= 4 is 31.7 Å². The minimum atomic E-state index is -3.36. The lowest BCUT2D eigenvalue weighted by Gasteiger charge is -2.12. The first-order chi connectivity index (χ1) is 11.9. The summed E-state index contributed by atoms with van der Waals surface area (Å²) in [4.78, 5) is 4.33. The minimum Gasteiger partial charge on any atom is -0.355 e. The fourth-order valence-corrected chi connectivity index (χ4v) is 3.49. The van der Waals surface area contributed by atoms with Gasteiger partial charge in [-0.25, -0.2) is 12.8 Å². The first-order valence-electron chi connectivity index (χ1n) is 7.58. The van der Waals surface area contributed by atoms with Gasteiger partial charge in [0.15, 0.2) is 15.8 Å². The van der Waals surface area contributed by atoms with Crippen molar-refractivity contribution < 1.29 is 12.8 Å². The monoisotopic (exact) mass is 427 g/mol. The summed E-state index contributed by atoms with van der Waals surface area (Å²) in [5.74, 6) is 0.144. The van der Waals surface area contributed by atoms with Gasteiger partial charge >= 0.3 is 0 Å². The quantitative estimate of drug-likeness (QED) is 0.549. The van der Waals surface area contributed by atoms with Gasteiger partial charge in [-0.05, 0) is 42.0 Å². The van der Waals surface area contributed by atoms with Gasteiger partial charge in [0.25, 0.3) is 0 Å². The number of nitrogens with one attached hydrogen (secondary N) is 2. The van der Waals surface area contributed by atoms with Gasteiger partial charge in [-0.3, -0.25) is 4.99 Å². The van der Waals surface area contributed by atoms with Gasteiger partial charge in [0.2, 0.25) is 0 Å². The van der Waals surface area contributed by atoms with Crippen LogP contribution in [0.25, 0.3) is 0 Å². The van der Waals surface area contributed by atoms with Crippen molar-refractivity contribution in [1.82, 2.24) is 10.6 Å². The highest BCUT2D eigenvalue weighted by Crippen LogP contribution is 2.15. The molecule has 0 amide bonds. The molecule has 2 aromatic carbocycles. The maximum Gasteiger partial charge on any atom is 0.191 e. The van der Waals surface area contributed by atoms with Gasteiger partial charge in [-0.2, -0.15) is 0 Å². The predicted octanol–water partition coefficient (Wildman–Crippen LogP) is 2.73. The first-order valence-corrected chi connectivity index (χ1v) is 10.0. The number of hydrogen-bond donors (Lipinski definition) is 2. The molecule has 0 spiro atoms. The van der Waals surface area contributed by atoms with Crippen LogP contribution in [0, 0.1) is 5.82 Å². The average molecular weight is 428 g/mol. The second-order valence-corrected chi connectivity index (χ2v) is 8.28. The molecule has 0 bridgehead atoms. The van der Waals surface area contributed by atoms with Crippen molar-refractivity contribution in [3.05, 3.63) is 64.4 Å². The molecule has 0 fully saturated rings. The molecule has 0 radical (unpaired) electrons. The number of nitrogens with zero attached hydrogens (tertiary/aromatic N) is 1. The number of halogens is 2. The molecule has 0 atom stereocenters. The van der Waals surface area contributed by atoms with Gasteiger partial charge in [0.1, 0.15) is 5.82 Å². The largest absolute Gasteiger partial charge is 0.355 e. The number of benzene rings is 2. The Bertz CT molecular complexity index is 822. The van der Waals surface area contributed by atoms with Gasteiger partial charge < -0.3 is 10.6 Å². The SMILES string of the molecule is CN=C(NCCS(=O)(=O)c1ccc(Br)cc1)NCc1ccc(F)cc1. The summed E-state index contributed by atoms with van der Waals surface area (Å²) in [5, 5.41) is 6.02. The van der Waals surface area contributed by atoms with Crippen LogP contribution in [-0.4, -0.2) is 33.7 Å². The molecule has 2 aromatic rings. The van der Waals surface area contributed by atoms with Crippen LogP contribution in [0.15, 0.2) is 62.9 Å². The smallest absolute Gasteiger partial charge is 0.191 e. The second-order valence-electron chi connectivity index (χ2n) is 5.25.